The second-order valence-electron chi connectivity index (χ2n) is 2.69. The van der Waals surface area contributed by atoms with Crippen molar-refractivity contribution in [2.75, 3.05) is 6.61 Å². The fourth-order valence-corrected chi connectivity index (χ4v) is 0.944. The van der Waals surface area contributed by atoms with Crippen LogP contribution in [0.3, 0.4) is 0 Å². The second kappa shape index (κ2) is 5.51. The van der Waals surface area contributed by atoms with Crippen LogP contribution in [0.5, 0.6) is 5.75 Å². The van der Waals surface area contributed by atoms with Crippen molar-refractivity contribution in [3.63, 3.8) is 0 Å². The van der Waals surface area contributed by atoms with Crippen molar-refractivity contribution in [2.24, 2.45) is 0 Å². The third-order valence-electron chi connectivity index (χ3n) is 1.58. The Bertz CT molecular complexity index is 224. The summed E-state index contributed by atoms with van der Waals surface area (Å²) in [5, 5.41) is 0. The fraction of sp³-hybridized carbons (Fsp3) is 0.400. The molecule has 1 aromatic rings. The molecule has 0 unspecified atom stereocenters. The molecule has 0 aromatic heterocycles. The number of para-hydroxylation sites is 1. The van der Waals surface area contributed by atoms with E-state index in [-0.39, 0.29) is 6.42 Å². The Morgan fingerprint density at radius 2 is 1.85 bits per heavy atom. The second-order valence-corrected chi connectivity index (χ2v) is 2.69. The molecule has 0 fully saturated rings. The Morgan fingerprint density at radius 3 is 2.46 bits per heavy atom. The van der Waals surface area contributed by atoms with Crippen LogP contribution in [-0.4, -0.2) is 13.0 Å². The lowest BCUT2D eigenvalue weighted by Crippen LogP contribution is -2.00. The van der Waals surface area contributed by atoms with Crippen molar-refractivity contribution >= 4 is 0 Å². The van der Waals surface area contributed by atoms with Crippen molar-refractivity contribution < 1.29 is 13.5 Å². The maximum atomic E-state index is 11.7. The molecule has 0 aliphatic heterocycles. The molecule has 1 rings (SSSR count). The fourth-order valence-electron chi connectivity index (χ4n) is 0.944. The van der Waals surface area contributed by atoms with Crippen LogP contribution in [0, 0.1) is 0 Å². The SMILES string of the molecule is FC(F)CCCOc1ccccc1. The van der Waals surface area contributed by atoms with Crippen molar-refractivity contribution in [3.05, 3.63) is 30.3 Å². The number of rotatable bonds is 5. The van der Waals surface area contributed by atoms with Gasteiger partial charge in [0.2, 0.25) is 6.43 Å². The summed E-state index contributed by atoms with van der Waals surface area (Å²) in [6.07, 6.45) is -1.92. The molecule has 0 saturated heterocycles. The largest absolute Gasteiger partial charge is 0.494 e. The molecular weight excluding hydrogens is 174 g/mol. The molecule has 13 heavy (non-hydrogen) atoms. The molecule has 3 heteroatoms. The van der Waals surface area contributed by atoms with E-state index in [4.69, 9.17) is 4.74 Å². The maximum Gasteiger partial charge on any atom is 0.238 e. The molecule has 0 aliphatic rings. The predicted octanol–water partition coefficient (Wildman–Crippen LogP) is 3.11. The number of alkyl halides is 2. The van der Waals surface area contributed by atoms with E-state index >= 15 is 0 Å². The Kier molecular flexibility index (Phi) is 4.23. The molecule has 72 valence electrons. The van der Waals surface area contributed by atoms with Gasteiger partial charge in [0, 0.05) is 6.42 Å². The normalized spacial score (nSPS) is 10.4. The van der Waals surface area contributed by atoms with Crippen molar-refractivity contribution in [1.82, 2.24) is 0 Å². The quantitative estimate of drug-likeness (QED) is 0.642. The van der Waals surface area contributed by atoms with Crippen LogP contribution in [0.2, 0.25) is 0 Å². The molecule has 1 nitrogen and oxygen atoms in total. The molecule has 0 heterocycles. The van der Waals surface area contributed by atoms with E-state index in [1.807, 2.05) is 30.3 Å². The average Bonchev–Trinajstić information content (AvgIpc) is 2.14. The Balaban J connectivity index is 2.13. The van der Waals surface area contributed by atoms with E-state index < -0.39 is 6.43 Å². The lowest BCUT2D eigenvalue weighted by molar-refractivity contribution is 0.127. The lowest BCUT2D eigenvalue weighted by atomic mass is 10.3. The third kappa shape index (κ3) is 4.45. The third-order valence-corrected chi connectivity index (χ3v) is 1.58. The zero-order valence-electron chi connectivity index (χ0n) is 7.25. The highest BCUT2D eigenvalue weighted by Gasteiger charge is 2.01. The average molecular weight is 186 g/mol. The summed E-state index contributed by atoms with van der Waals surface area (Å²) in [4.78, 5) is 0. The van der Waals surface area contributed by atoms with E-state index in [1.165, 1.54) is 0 Å². The van der Waals surface area contributed by atoms with Gasteiger partial charge < -0.3 is 4.74 Å². The molecule has 0 bridgehead atoms. The highest BCUT2D eigenvalue weighted by molar-refractivity contribution is 5.20. The number of ether oxygens (including phenoxy) is 1. The molecule has 0 spiro atoms. The van der Waals surface area contributed by atoms with E-state index in [1.54, 1.807) is 0 Å². The Morgan fingerprint density at radius 1 is 1.15 bits per heavy atom. The van der Waals surface area contributed by atoms with Crippen LogP contribution < -0.4 is 4.74 Å². The van der Waals surface area contributed by atoms with Gasteiger partial charge in [-0.25, -0.2) is 8.78 Å². The molecule has 0 radical (unpaired) electrons. The van der Waals surface area contributed by atoms with Gasteiger partial charge >= 0.3 is 0 Å². The first-order chi connectivity index (χ1) is 6.29. The maximum absolute atomic E-state index is 11.7. The number of hydrogen-bond donors (Lipinski definition) is 0. The van der Waals surface area contributed by atoms with Gasteiger partial charge in [-0.3, -0.25) is 0 Å². The van der Waals surface area contributed by atoms with Crippen LogP contribution in [0.1, 0.15) is 12.8 Å². The van der Waals surface area contributed by atoms with Crippen LogP contribution in [0.25, 0.3) is 0 Å². The Hall–Kier alpha value is -1.12. The first kappa shape index (κ1) is 9.96. The summed E-state index contributed by atoms with van der Waals surface area (Å²) >= 11 is 0. The van der Waals surface area contributed by atoms with Gasteiger partial charge in [0.25, 0.3) is 0 Å². The molecule has 0 aliphatic carbocycles. The zero-order valence-corrected chi connectivity index (χ0v) is 7.25. The molecular formula is C10H12F2O. The molecule has 0 saturated carbocycles. The van der Waals surface area contributed by atoms with E-state index in [9.17, 15) is 8.78 Å². The summed E-state index contributed by atoms with van der Waals surface area (Å²) < 4.78 is 28.6. The molecule has 1 aromatic carbocycles. The monoisotopic (exact) mass is 186 g/mol. The first-order valence-corrected chi connectivity index (χ1v) is 4.25. The number of benzene rings is 1. The van der Waals surface area contributed by atoms with E-state index in [2.05, 4.69) is 0 Å². The first-order valence-electron chi connectivity index (χ1n) is 4.25. The van der Waals surface area contributed by atoms with Gasteiger partial charge in [0.05, 0.1) is 6.61 Å². The summed E-state index contributed by atoms with van der Waals surface area (Å²) in [6.45, 7) is 0.356. The van der Waals surface area contributed by atoms with E-state index in [0.717, 1.165) is 5.75 Å². The summed E-state index contributed by atoms with van der Waals surface area (Å²) in [6, 6.07) is 9.20. The van der Waals surface area contributed by atoms with Crippen LogP contribution in [0.4, 0.5) is 8.78 Å². The molecule has 0 N–H and O–H groups in total. The molecule has 0 atom stereocenters. The minimum Gasteiger partial charge on any atom is -0.494 e. The standard InChI is InChI=1S/C10H12F2O/c11-10(12)7-4-8-13-9-5-2-1-3-6-9/h1-3,5-6,10H,4,7-8H2. The highest BCUT2D eigenvalue weighted by Crippen LogP contribution is 2.10. The van der Waals surface area contributed by atoms with Crippen LogP contribution >= 0.6 is 0 Å². The summed E-state index contributed by atoms with van der Waals surface area (Å²) in [7, 11) is 0. The Labute approximate surface area is 76.3 Å². The summed E-state index contributed by atoms with van der Waals surface area (Å²) in [5.41, 5.74) is 0. The van der Waals surface area contributed by atoms with Gasteiger partial charge in [0.1, 0.15) is 5.75 Å². The van der Waals surface area contributed by atoms with Crippen LogP contribution in [-0.2, 0) is 0 Å². The highest BCUT2D eigenvalue weighted by atomic mass is 19.3. The van der Waals surface area contributed by atoms with Gasteiger partial charge in [-0.15, -0.1) is 0 Å². The van der Waals surface area contributed by atoms with Crippen molar-refractivity contribution in [1.29, 1.82) is 0 Å². The number of hydrogen-bond acceptors (Lipinski definition) is 1. The van der Waals surface area contributed by atoms with Crippen molar-refractivity contribution in [2.45, 2.75) is 19.3 Å². The van der Waals surface area contributed by atoms with Gasteiger partial charge in [-0.1, -0.05) is 18.2 Å². The predicted molar refractivity (Wildman–Crippen MR) is 47.2 cm³/mol. The minimum absolute atomic E-state index is 0.0904. The van der Waals surface area contributed by atoms with Crippen molar-refractivity contribution in [3.8, 4) is 5.75 Å². The molecule has 0 amide bonds. The van der Waals surface area contributed by atoms with Gasteiger partial charge in [-0.2, -0.15) is 0 Å². The van der Waals surface area contributed by atoms with Gasteiger partial charge in [0.15, 0.2) is 0 Å². The van der Waals surface area contributed by atoms with Crippen LogP contribution in [0.15, 0.2) is 30.3 Å². The minimum atomic E-state index is -2.22. The lowest BCUT2D eigenvalue weighted by Gasteiger charge is -2.04. The topological polar surface area (TPSA) is 9.23 Å². The smallest absolute Gasteiger partial charge is 0.238 e. The van der Waals surface area contributed by atoms with Gasteiger partial charge in [-0.05, 0) is 18.6 Å². The number of halogens is 2. The summed E-state index contributed by atoms with van der Waals surface area (Å²) in [5.74, 6) is 0.733. The zero-order chi connectivity index (χ0) is 9.52. The van der Waals surface area contributed by atoms with E-state index in [0.29, 0.717) is 13.0 Å².